The minimum Gasteiger partial charge on any atom is -0.465 e. The molecule has 0 saturated heterocycles. The summed E-state index contributed by atoms with van der Waals surface area (Å²) >= 11 is 0. The molecule has 1 saturated carbocycles. The highest BCUT2D eigenvalue weighted by Gasteiger charge is 2.27. The number of nitrogens with zero attached hydrogens (tertiary/aromatic N) is 1. The van der Waals surface area contributed by atoms with E-state index in [-0.39, 0.29) is 0 Å². The summed E-state index contributed by atoms with van der Waals surface area (Å²) in [5.74, 6) is 2.77. The summed E-state index contributed by atoms with van der Waals surface area (Å²) in [6.45, 7) is 8.26. The monoisotopic (exact) mass is 237 g/mol. The van der Waals surface area contributed by atoms with E-state index in [2.05, 4.69) is 4.90 Å². The zero-order valence-corrected chi connectivity index (χ0v) is 11.1. The van der Waals surface area contributed by atoms with Gasteiger partial charge < -0.3 is 9.52 Å². The Balaban J connectivity index is 1.94. The normalized spacial score (nSPS) is 16.8. The van der Waals surface area contributed by atoms with E-state index in [4.69, 9.17) is 4.42 Å². The van der Waals surface area contributed by atoms with Crippen molar-refractivity contribution in [2.24, 2.45) is 5.92 Å². The quantitative estimate of drug-likeness (QED) is 0.826. The second-order valence-electron chi connectivity index (χ2n) is 5.94. The van der Waals surface area contributed by atoms with Crippen LogP contribution in [0, 0.1) is 12.8 Å². The summed E-state index contributed by atoms with van der Waals surface area (Å²) in [6.07, 6.45) is 2.67. The van der Waals surface area contributed by atoms with Crippen LogP contribution in [0.4, 0.5) is 0 Å². The van der Waals surface area contributed by atoms with Crippen LogP contribution in [0.1, 0.15) is 38.2 Å². The van der Waals surface area contributed by atoms with Crippen LogP contribution >= 0.6 is 0 Å². The minimum atomic E-state index is -0.642. The smallest absolute Gasteiger partial charge is 0.118 e. The Morgan fingerprint density at radius 3 is 2.59 bits per heavy atom. The highest BCUT2D eigenvalue weighted by atomic mass is 16.3. The third-order valence-corrected chi connectivity index (χ3v) is 3.00. The van der Waals surface area contributed by atoms with Crippen molar-refractivity contribution in [2.45, 2.75) is 45.8 Å². The fourth-order valence-corrected chi connectivity index (χ4v) is 2.19. The molecule has 1 heterocycles. The van der Waals surface area contributed by atoms with Gasteiger partial charge in [-0.2, -0.15) is 0 Å². The predicted molar refractivity (Wildman–Crippen MR) is 67.7 cm³/mol. The largest absolute Gasteiger partial charge is 0.465 e. The first-order chi connectivity index (χ1) is 7.92. The average Bonchev–Trinajstić information content (AvgIpc) is 2.87. The van der Waals surface area contributed by atoms with Crippen LogP contribution in [-0.4, -0.2) is 28.7 Å². The predicted octanol–water partition coefficient (Wildman–Crippen LogP) is 2.57. The lowest BCUT2D eigenvalue weighted by atomic mass is 10.1. The van der Waals surface area contributed by atoms with Gasteiger partial charge in [0.1, 0.15) is 11.5 Å². The molecule has 1 N–H and O–H groups in total. The molecule has 17 heavy (non-hydrogen) atoms. The van der Waals surface area contributed by atoms with Gasteiger partial charge in [-0.05, 0) is 51.7 Å². The summed E-state index contributed by atoms with van der Waals surface area (Å²) < 4.78 is 5.61. The summed E-state index contributed by atoms with van der Waals surface area (Å²) in [6, 6.07) is 4.02. The van der Waals surface area contributed by atoms with Crippen molar-refractivity contribution in [3.05, 3.63) is 23.7 Å². The second kappa shape index (κ2) is 4.83. The van der Waals surface area contributed by atoms with Gasteiger partial charge in [-0.1, -0.05) is 0 Å². The number of hydrogen-bond acceptors (Lipinski definition) is 3. The van der Waals surface area contributed by atoms with E-state index in [1.807, 2.05) is 32.9 Å². The maximum absolute atomic E-state index is 9.93. The lowest BCUT2D eigenvalue weighted by molar-refractivity contribution is 0.0298. The Labute approximate surface area is 103 Å². The lowest BCUT2D eigenvalue weighted by Gasteiger charge is -2.28. The number of aryl methyl sites for hydroxylation is 1. The molecule has 96 valence electrons. The molecule has 0 amide bonds. The maximum atomic E-state index is 9.93. The van der Waals surface area contributed by atoms with Crippen molar-refractivity contribution in [3.63, 3.8) is 0 Å². The van der Waals surface area contributed by atoms with Gasteiger partial charge in [-0.3, -0.25) is 4.90 Å². The number of rotatable bonds is 6. The first kappa shape index (κ1) is 12.7. The molecule has 0 unspecified atom stereocenters. The van der Waals surface area contributed by atoms with Crippen molar-refractivity contribution < 1.29 is 9.52 Å². The van der Waals surface area contributed by atoms with E-state index in [0.29, 0.717) is 6.54 Å². The second-order valence-corrected chi connectivity index (χ2v) is 5.94. The molecular formula is C14H23NO2. The maximum Gasteiger partial charge on any atom is 0.118 e. The van der Waals surface area contributed by atoms with Crippen LogP contribution in [0.15, 0.2) is 16.5 Å². The minimum absolute atomic E-state index is 0.642. The van der Waals surface area contributed by atoms with Gasteiger partial charge in [0.25, 0.3) is 0 Å². The SMILES string of the molecule is Cc1ccc(CN(CC2CC2)CC(C)(C)O)o1. The molecule has 0 aromatic carbocycles. The summed E-state index contributed by atoms with van der Waals surface area (Å²) in [4.78, 5) is 2.30. The first-order valence-corrected chi connectivity index (χ1v) is 6.42. The van der Waals surface area contributed by atoms with Crippen LogP contribution in [0.25, 0.3) is 0 Å². The van der Waals surface area contributed by atoms with Gasteiger partial charge in [0, 0.05) is 13.1 Å². The Morgan fingerprint density at radius 1 is 1.41 bits per heavy atom. The number of aliphatic hydroxyl groups is 1. The Hall–Kier alpha value is -0.800. The van der Waals surface area contributed by atoms with E-state index in [1.165, 1.54) is 12.8 Å². The zero-order chi connectivity index (χ0) is 12.5. The van der Waals surface area contributed by atoms with Gasteiger partial charge in [-0.25, -0.2) is 0 Å². The van der Waals surface area contributed by atoms with Crippen molar-refractivity contribution in [3.8, 4) is 0 Å². The van der Waals surface area contributed by atoms with Crippen LogP contribution in [0.2, 0.25) is 0 Å². The summed E-state index contributed by atoms with van der Waals surface area (Å²) in [5, 5.41) is 9.93. The Bertz CT molecular complexity index is 361. The fraction of sp³-hybridized carbons (Fsp3) is 0.714. The van der Waals surface area contributed by atoms with Crippen LogP contribution in [0.3, 0.4) is 0 Å². The molecule has 3 nitrogen and oxygen atoms in total. The lowest BCUT2D eigenvalue weighted by Crippen LogP contribution is -2.39. The molecule has 1 aromatic heterocycles. The molecule has 0 aliphatic heterocycles. The van der Waals surface area contributed by atoms with Gasteiger partial charge in [-0.15, -0.1) is 0 Å². The van der Waals surface area contributed by atoms with Crippen molar-refractivity contribution in [1.29, 1.82) is 0 Å². The van der Waals surface area contributed by atoms with Crippen LogP contribution in [0.5, 0.6) is 0 Å². The van der Waals surface area contributed by atoms with E-state index in [0.717, 1.165) is 30.5 Å². The Morgan fingerprint density at radius 2 is 2.12 bits per heavy atom. The van der Waals surface area contributed by atoms with E-state index >= 15 is 0 Å². The van der Waals surface area contributed by atoms with E-state index < -0.39 is 5.60 Å². The van der Waals surface area contributed by atoms with Gasteiger partial charge in [0.05, 0.1) is 12.1 Å². The third kappa shape index (κ3) is 4.52. The topological polar surface area (TPSA) is 36.6 Å². The van der Waals surface area contributed by atoms with Crippen molar-refractivity contribution in [1.82, 2.24) is 4.90 Å². The highest BCUT2D eigenvalue weighted by Crippen LogP contribution is 2.30. The molecule has 3 heteroatoms. The van der Waals surface area contributed by atoms with Gasteiger partial charge in [0.2, 0.25) is 0 Å². The fourth-order valence-electron chi connectivity index (χ4n) is 2.19. The highest BCUT2D eigenvalue weighted by molar-refractivity contribution is 5.05. The summed E-state index contributed by atoms with van der Waals surface area (Å²) in [5.41, 5.74) is -0.642. The molecular weight excluding hydrogens is 214 g/mol. The van der Waals surface area contributed by atoms with Crippen LogP contribution < -0.4 is 0 Å². The molecule has 1 aliphatic rings. The van der Waals surface area contributed by atoms with Crippen molar-refractivity contribution >= 4 is 0 Å². The number of furan rings is 1. The Kier molecular flexibility index (Phi) is 3.59. The standard InChI is InChI=1S/C14H23NO2/c1-11-4-7-13(17-11)9-15(8-12-5-6-12)10-14(2,3)16/h4,7,12,16H,5-6,8-10H2,1-3H3. The summed E-state index contributed by atoms with van der Waals surface area (Å²) in [7, 11) is 0. The van der Waals surface area contributed by atoms with Gasteiger partial charge >= 0.3 is 0 Å². The molecule has 1 aliphatic carbocycles. The molecule has 0 bridgehead atoms. The van der Waals surface area contributed by atoms with Gasteiger partial charge in [0.15, 0.2) is 0 Å². The molecule has 0 radical (unpaired) electrons. The molecule has 1 aromatic rings. The van der Waals surface area contributed by atoms with E-state index in [9.17, 15) is 5.11 Å². The van der Waals surface area contributed by atoms with Crippen LogP contribution in [-0.2, 0) is 6.54 Å². The average molecular weight is 237 g/mol. The molecule has 0 atom stereocenters. The first-order valence-electron chi connectivity index (χ1n) is 6.42. The number of hydrogen-bond donors (Lipinski definition) is 1. The van der Waals surface area contributed by atoms with E-state index in [1.54, 1.807) is 0 Å². The molecule has 1 fully saturated rings. The molecule has 0 spiro atoms. The molecule has 2 rings (SSSR count). The van der Waals surface area contributed by atoms with Crippen molar-refractivity contribution in [2.75, 3.05) is 13.1 Å². The zero-order valence-electron chi connectivity index (χ0n) is 11.1. The third-order valence-electron chi connectivity index (χ3n) is 3.00.